The summed E-state index contributed by atoms with van der Waals surface area (Å²) in [6, 6.07) is 15.1. The van der Waals surface area contributed by atoms with Gasteiger partial charge in [-0.2, -0.15) is 0 Å². The second-order valence-electron chi connectivity index (χ2n) is 7.83. The van der Waals surface area contributed by atoms with Crippen LogP contribution in [0.25, 0.3) is 22.6 Å². The molecule has 0 amide bonds. The second-order valence-corrected chi connectivity index (χ2v) is 10.1. The van der Waals surface area contributed by atoms with Crippen molar-refractivity contribution in [2.75, 3.05) is 25.4 Å². The summed E-state index contributed by atoms with van der Waals surface area (Å²) >= 11 is 0. The summed E-state index contributed by atoms with van der Waals surface area (Å²) in [4.78, 5) is 7.58. The number of benzene rings is 2. The van der Waals surface area contributed by atoms with Crippen molar-refractivity contribution in [3.05, 3.63) is 60.0 Å². The van der Waals surface area contributed by atoms with E-state index in [1.807, 2.05) is 43.3 Å². The van der Waals surface area contributed by atoms with E-state index in [2.05, 4.69) is 4.90 Å². The summed E-state index contributed by atoms with van der Waals surface area (Å²) in [6.07, 6.45) is 3.51. The van der Waals surface area contributed by atoms with E-state index in [0.717, 1.165) is 41.1 Å². The van der Waals surface area contributed by atoms with E-state index >= 15 is 0 Å². The number of likely N-dealkylation sites (tertiary alicyclic amines) is 1. The lowest BCUT2D eigenvalue weighted by molar-refractivity contribution is 0.341. The van der Waals surface area contributed by atoms with Gasteiger partial charge in [0.15, 0.2) is 9.84 Å². The Bertz CT molecular complexity index is 1090. The Hall–Kier alpha value is -2.44. The molecule has 1 aromatic heterocycles. The molecule has 1 fully saturated rings. The molecule has 3 aromatic rings. The van der Waals surface area contributed by atoms with E-state index in [4.69, 9.17) is 9.40 Å². The molecular formula is C24H28N2O3S. The summed E-state index contributed by atoms with van der Waals surface area (Å²) in [6.45, 7) is 7.06. The highest BCUT2D eigenvalue weighted by atomic mass is 32.2. The summed E-state index contributed by atoms with van der Waals surface area (Å²) in [5, 5.41) is 0. The first-order valence-electron chi connectivity index (χ1n) is 10.6. The number of hydrogen-bond donors (Lipinski definition) is 0. The lowest BCUT2D eigenvalue weighted by atomic mass is 10.0. The predicted molar refractivity (Wildman–Crippen MR) is 119 cm³/mol. The molecule has 158 valence electrons. The van der Waals surface area contributed by atoms with Gasteiger partial charge in [-0.1, -0.05) is 31.2 Å². The Morgan fingerprint density at radius 1 is 0.933 bits per heavy atom. The highest BCUT2D eigenvalue weighted by molar-refractivity contribution is 7.91. The normalized spacial score (nSPS) is 15.0. The Morgan fingerprint density at radius 2 is 1.50 bits per heavy atom. The number of rotatable bonds is 7. The van der Waals surface area contributed by atoms with Crippen LogP contribution in [0.5, 0.6) is 0 Å². The fourth-order valence-electron chi connectivity index (χ4n) is 3.88. The summed E-state index contributed by atoms with van der Waals surface area (Å²) in [7, 11) is -3.18. The molecule has 2 heterocycles. The fourth-order valence-corrected chi connectivity index (χ4v) is 4.76. The van der Waals surface area contributed by atoms with Crippen LogP contribution >= 0.6 is 0 Å². The molecule has 0 saturated carbocycles. The molecule has 0 N–H and O–H groups in total. The molecule has 4 rings (SSSR count). The van der Waals surface area contributed by atoms with Gasteiger partial charge in [0.2, 0.25) is 5.89 Å². The highest BCUT2D eigenvalue weighted by Crippen LogP contribution is 2.27. The molecule has 0 aliphatic carbocycles. The van der Waals surface area contributed by atoms with Crippen LogP contribution in [0.1, 0.15) is 31.2 Å². The van der Waals surface area contributed by atoms with Crippen molar-refractivity contribution in [1.29, 1.82) is 0 Å². The first-order chi connectivity index (χ1) is 14.5. The van der Waals surface area contributed by atoms with E-state index in [-0.39, 0.29) is 5.75 Å². The average molecular weight is 425 g/mol. The zero-order valence-corrected chi connectivity index (χ0v) is 18.4. The van der Waals surface area contributed by atoms with Crippen LogP contribution in [0.2, 0.25) is 0 Å². The fraction of sp³-hybridized carbons (Fsp3) is 0.375. The predicted octanol–water partition coefficient (Wildman–Crippen LogP) is 4.75. The first kappa shape index (κ1) is 20.8. The van der Waals surface area contributed by atoms with Crippen molar-refractivity contribution in [1.82, 2.24) is 9.88 Å². The van der Waals surface area contributed by atoms with E-state index in [1.165, 1.54) is 25.9 Å². The van der Waals surface area contributed by atoms with Gasteiger partial charge < -0.3 is 9.32 Å². The van der Waals surface area contributed by atoms with Crippen LogP contribution in [0.15, 0.2) is 57.8 Å². The quantitative estimate of drug-likeness (QED) is 0.548. The lowest BCUT2D eigenvalue weighted by Crippen LogP contribution is -2.22. The van der Waals surface area contributed by atoms with Crippen LogP contribution in [0.3, 0.4) is 0 Å². The van der Waals surface area contributed by atoms with Gasteiger partial charge in [-0.3, -0.25) is 0 Å². The maximum absolute atomic E-state index is 12.0. The van der Waals surface area contributed by atoms with E-state index < -0.39 is 9.84 Å². The van der Waals surface area contributed by atoms with Crippen molar-refractivity contribution < 1.29 is 12.8 Å². The van der Waals surface area contributed by atoms with Gasteiger partial charge in [0, 0.05) is 18.5 Å². The van der Waals surface area contributed by atoms with Crippen molar-refractivity contribution in [3.8, 4) is 22.6 Å². The highest BCUT2D eigenvalue weighted by Gasteiger charge is 2.16. The second kappa shape index (κ2) is 8.74. The molecule has 0 unspecified atom stereocenters. The molecule has 1 saturated heterocycles. The van der Waals surface area contributed by atoms with Gasteiger partial charge in [0.05, 0.1) is 16.3 Å². The first-order valence-corrected chi connectivity index (χ1v) is 12.2. The van der Waals surface area contributed by atoms with Crippen LogP contribution in [-0.2, 0) is 16.3 Å². The van der Waals surface area contributed by atoms with Crippen molar-refractivity contribution in [3.63, 3.8) is 0 Å². The molecule has 0 bridgehead atoms. The van der Waals surface area contributed by atoms with Gasteiger partial charge in [-0.25, -0.2) is 13.4 Å². The standard InChI is InChI=1S/C24H28N2O3S/c1-3-30(27,28)22-12-10-20(11-13-22)19-6-8-21(9-7-19)24-25-23(18(2)29-24)14-17-26-15-4-5-16-26/h6-13H,3-5,14-17H2,1-2H3. The topological polar surface area (TPSA) is 63.4 Å². The number of sulfone groups is 1. The summed E-state index contributed by atoms with van der Waals surface area (Å²) < 4.78 is 29.9. The molecular weight excluding hydrogens is 396 g/mol. The van der Waals surface area contributed by atoms with Gasteiger partial charge in [-0.05, 0) is 68.2 Å². The average Bonchev–Trinajstić information content (AvgIpc) is 3.42. The third-order valence-corrected chi connectivity index (χ3v) is 7.57. The Morgan fingerprint density at radius 3 is 2.10 bits per heavy atom. The van der Waals surface area contributed by atoms with Crippen LogP contribution in [-0.4, -0.2) is 43.7 Å². The number of hydrogen-bond acceptors (Lipinski definition) is 5. The van der Waals surface area contributed by atoms with Gasteiger partial charge in [0.25, 0.3) is 0 Å². The van der Waals surface area contributed by atoms with Crippen LogP contribution in [0.4, 0.5) is 0 Å². The number of aryl methyl sites for hydroxylation is 1. The monoisotopic (exact) mass is 424 g/mol. The Kier molecular flexibility index (Phi) is 6.06. The van der Waals surface area contributed by atoms with Crippen LogP contribution in [0, 0.1) is 6.92 Å². The minimum absolute atomic E-state index is 0.108. The number of nitrogens with zero attached hydrogens (tertiary/aromatic N) is 2. The Balaban J connectivity index is 1.47. The molecule has 0 spiro atoms. The van der Waals surface area contributed by atoms with E-state index in [9.17, 15) is 8.42 Å². The van der Waals surface area contributed by atoms with Crippen molar-refractivity contribution in [2.24, 2.45) is 0 Å². The molecule has 0 atom stereocenters. The van der Waals surface area contributed by atoms with Crippen molar-refractivity contribution in [2.45, 2.75) is 38.0 Å². The third-order valence-electron chi connectivity index (χ3n) is 5.81. The third kappa shape index (κ3) is 4.50. The zero-order valence-electron chi connectivity index (χ0n) is 17.6. The van der Waals surface area contributed by atoms with E-state index in [0.29, 0.717) is 10.8 Å². The van der Waals surface area contributed by atoms with Crippen molar-refractivity contribution >= 4 is 9.84 Å². The summed E-state index contributed by atoms with van der Waals surface area (Å²) in [5.41, 5.74) is 3.98. The molecule has 1 aliphatic heterocycles. The molecule has 30 heavy (non-hydrogen) atoms. The largest absolute Gasteiger partial charge is 0.441 e. The molecule has 0 radical (unpaired) electrons. The van der Waals surface area contributed by atoms with Gasteiger partial charge in [-0.15, -0.1) is 0 Å². The van der Waals surface area contributed by atoms with Gasteiger partial charge in [0.1, 0.15) is 5.76 Å². The summed E-state index contributed by atoms with van der Waals surface area (Å²) in [5.74, 6) is 1.65. The maximum Gasteiger partial charge on any atom is 0.226 e. The number of aromatic nitrogens is 1. The minimum atomic E-state index is -3.18. The molecule has 1 aliphatic rings. The molecule has 5 nitrogen and oxygen atoms in total. The van der Waals surface area contributed by atoms with Gasteiger partial charge >= 0.3 is 0 Å². The molecule has 2 aromatic carbocycles. The van der Waals surface area contributed by atoms with E-state index in [1.54, 1.807) is 19.1 Å². The van der Waals surface area contributed by atoms with Crippen LogP contribution < -0.4 is 0 Å². The molecule has 6 heteroatoms. The zero-order chi connectivity index (χ0) is 21.1. The lowest BCUT2D eigenvalue weighted by Gasteiger charge is -2.12. The SMILES string of the molecule is CCS(=O)(=O)c1ccc(-c2ccc(-c3nc(CCN4CCCC4)c(C)o3)cc2)cc1. The number of oxazole rings is 1. The maximum atomic E-state index is 12.0. The Labute approximate surface area is 178 Å². The smallest absolute Gasteiger partial charge is 0.226 e. The minimum Gasteiger partial charge on any atom is -0.441 e.